The molecule has 0 radical (unpaired) electrons. The van der Waals surface area contributed by atoms with Crippen LogP contribution in [0.1, 0.15) is 52.9 Å². The lowest BCUT2D eigenvalue weighted by molar-refractivity contribution is -0.187. The molecule has 1 aromatic carbocycles. The van der Waals surface area contributed by atoms with Crippen molar-refractivity contribution in [2.45, 2.75) is 58.0 Å². The van der Waals surface area contributed by atoms with Crippen LogP contribution in [0.3, 0.4) is 0 Å². The van der Waals surface area contributed by atoms with Gasteiger partial charge in [0.25, 0.3) is 11.5 Å². The number of fused-ring (bicyclic) bond motifs is 1. The van der Waals surface area contributed by atoms with Crippen LogP contribution in [0.4, 0.5) is 0 Å². The fraction of sp³-hybridized carbons (Fsp3) is 0.520. The zero-order chi connectivity index (χ0) is 24.7. The number of nitrogens with one attached hydrogen (secondary N) is 2. The highest BCUT2D eigenvalue weighted by Crippen LogP contribution is 2.48. The predicted molar refractivity (Wildman–Crippen MR) is 131 cm³/mol. The first-order valence-electron chi connectivity index (χ1n) is 11.8. The van der Waals surface area contributed by atoms with E-state index in [9.17, 15) is 9.59 Å². The molecular formula is C25H28Cl2N2O6. The Morgan fingerprint density at radius 2 is 1.86 bits per heavy atom. The summed E-state index contributed by atoms with van der Waals surface area (Å²) in [5, 5.41) is 3.15. The van der Waals surface area contributed by atoms with E-state index in [1.165, 1.54) is 6.07 Å². The highest BCUT2D eigenvalue weighted by Gasteiger charge is 2.43. The first-order chi connectivity index (χ1) is 16.8. The van der Waals surface area contributed by atoms with Crippen molar-refractivity contribution in [2.75, 3.05) is 19.8 Å². The van der Waals surface area contributed by atoms with Crippen molar-refractivity contribution < 1.29 is 23.7 Å². The summed E-state index contributed by atoms with van der Waals surface area (Å²) >= 11 is 13.1. The Kier molecular flexibility index (Phi) is 6.74. The van der Waals surface area contributed by atoms with Crippen molar-refractivity contribution in [1.82, 2.24) is 10.3 Å². The van der Waals surface area contributed by atoms with Crippen molar-refractivity contribution >= 4 is 29.1 Å². The van der Waals surface area contributed by atoms with E-state index in [1.54, 1.807) is 0 Å². The molecule has 1 atom stereocenters. The molecule has 0 unspecified atom stereocenters. The summed E-state index contributed by atoms with van der Waals surface area (Å²) in [5.41, 5.74) is 1.96. The van der Waals surface area contributed by atoms with Crippen molar-refractivity contribution in [3.05, 3.63) is 54.9 Å². The summed E-state index contributed by atoms with van der Waals surface area (Å²) < 4.78 is 23.9. The summed E-state index contributed by atoms with van der Waals surface area (Å²) in [6.07, 6.45) is 3.14. The number of aryl methyl sites for hydroxylation is 2. The zero-order valence-corrected chi connectivity index (χ0v) is 21.2. The van der Waals surface area contributed by atoms with Crippen LogP contribution in [-0.2, 0) is 16.0 Å². The number of rotatable bonds is 4. The predicted octanol–water partition coefficient (Wildman–Crippen LogP) is 4.30. The second-order valence-electron chi connectivity index (χ2n) is 9.42. The second kappa shape index (κ2) is 9.65. The minimum absolute atomic E-state index is 0.0548. The van der Waals surface area contributed by atoms with Crippen LogP contribution >= 0.6 is 23.2 Å². The molecule has 1 saturated carbocycles. The molecule has 2 aliphatic heterocycles. The second-order valence-corrected chi connectivity index (χ2v) is 10.2. The van der Waals surface area contributed by atoms with Gasteiger partial charge >= 0.3 is 0 Å². The van der Waals surface area contributed by atoms with Gasteiger partial charge in [-0.05, 0) is 50.3 Å². The quantitative estimate of drug-likeness (QED) is 0.620. The molecule has 3 heterocycles. The minimum atomic E-state index is -0.458. The van der Waals surface area contributed by atoms with E-state index in [0.717, 1.165) is 36.9 Å². The third-order valence-electron chi connectivity index (χ3n) is 7.09. The van der Waals surface area contributed by atoms with Gasteiger partial charge in [0.15, 0.2) is 17.3 Å². The molecule has 1 aliphatic carbocycles. The molecule has 10 heteroatoms. The van der Waals surface area contributed by atoms with Gasteiger partial charge in [0.1, 0.15) is 12.7 Å². The Balaban J connectivity index is 1.31. The molecule has 5 rings (SSSR count). The van der Waals surface area contributed by atoms with Gasteiger partial charge in [-0.2, -0.15) is 0 Å². The molecule has 2 fully saturated rings. The van der Waals surface area contributed by atoms with Crippen LogP contribution in [0.15, 0.2) is 16.9 Å². The Morgan fingerprint density at radius 3 is 2.54 bits per heavy atom. The third-order valence-corrected chi connectivity index (χ3v) is 7.74. The molecule has 188 valence electrons. The summed E-state index contributed by atoms with van der Waals surface area (Å²) in [6, 6.07) is 3.32. The highest BCUT2D eigenvalue weighted by molar-refractivity contribution is 6.38. The van der Waals surface area contributed by atoms with Crippen molar-refractivity contribution in [3.8, 4) is 11.5 Å². The molecule has 1 aromatic heterocycles. The molecule has 8 nitrogen and oxygen atoms in total. The van der Waals surface area contributed by atoms with Gasteiger partial charge in [0.05, 0.1) is 28.8 Å². The van der Waals surface area contributed by atoms with Gasteiger partial charge in [-0.25, -0.2) is 0 Å². The van der Waals surface area contributed by atoms with E-state index >= 15 is 0 Å². The SMILES string of the molecule is Cc1cc(C)c(CNC(=O)c2cc(Cl)c3c(c2Cl)O[C@H](C2CCC4(CC2)OCCO4)CO3)c(=O)[nH]1. The Labute approximate surface area is 213 Å². The van der Waals surface area contributed by atoms with Gasteiger partial charge in [-0.15, -0.1) is 0 Å². The number of H-pyrrole nitrogens is 1. The molecule has 0 bridgehead atoms. The van der Waals surface area contributed by atoms with Crippen LogP contribution in [0, 0.1) is 19.8 Å². The van der Waals surface area contributed by atoms with E-state index < -0.39 is 11.7 Å². The van der Waals surface area contributed by atoms with Crippen LogP contribution in [0.25, 0.3) is 0 Å². The number of carbonyl (C=O) groups is 1. The maximum absolute atomic E-state index is 13.0. The molecular weight excluding hydrogens is 495 g/mol. The van der Waals surface area contributed by atoms with Gasteiger partial charge in [0.2, 0.25) is 0 Å². The lowest BCUT2D eigenvalue weighted by atomic mass is 9.81. The number of aromatic nitrogens is 1. The molecule has 2 N–H and O–H groups in total. The molecule has 3 aliphatic rings. The van der Waals surface area contributed by atoms with Crippen molar-refractivity contribution in [2.24, 2.45) is 5.92 Å². The van der Waals surface area contributed by atoms with Crippen molar-refractivity contribution in [3.63, 3.8) is 0 Å². The topological polar surface area (TPSA) is 98.9 Å². The summed E-state index contributed by atoms with van der Waals surface area (Å²) in [7, 11) is 0. The normalized spacial score (nSPS) is 21.3. The molecule has 1 saturated heterocycles. The number of pyridine rings is 1. The van der Waals surface area contributed by atoms with E-state index in [4.69, 9.17) is 42.1 Å². The minimum Gasteiger partial charge on any atom is -0.484 e. The number of ether oxygens (including phenoxy) is 4. The average molecular weight is 523 g/mol. The number of hydrogen-bond acceptors (Lipinski definition) is 6. The first-order valence-corrected chi connectivity index (χ1v) is 12.6. The number of halogens is 2. The summed E-state index contributed by atoms with van der Waals surface area (Å²) in [6.45, 7) is 5.32. The summed E-state index contributed by atoms with van der Waals surface area (Å²) in [5.74, 6) is -0.0538. The van der Waals surface area contributed by atoms with Gasteiger partial charge in [-0.3, -0.25) is 9.59 Å². The lowest BCUT2D eigenvalue weighted by Crippen LogP contribution is -2.43. The molecule has 1 spiro atoms. The number of benzene rings is 1. The first kappa shape index (κ1) is 24.4. The van der Waals surface area contributed by atoms with E-state index in [0.29, 0.717) is 31.1 Å². The molecule has 1 amide bonds. The number of carbonyl (C=O) groups excluding carboxylic acids is 1. The highest BCUT2D eigenvalue weighted by atomic mass is 35.5. The van der Waals surface area contributed by atoms with E-state index in [2.05, 4.69) is 10.3 Å². The molecule has 35 heavy (non-hydrogen) atoms. The smallest absolute Gasteiger partial charge is 0.253 e. The maximum Gasteiger partial charge on any atom is 0.253 e. The standard InChI is InChI=1S/C25H28Cl2N2O6/c1-13-9-14(2)29-24(31)17(13)11-28-23(30)16-10-18(26)21-22(20(16)27)35-19(12-32-21)15-3-5-25(6-4-15)33-7-8-34-25/h9-10,15,19H,3-8,11-12H2,1-2H3,(H,28,30)(H,29,31)/t19-/m0/s1. The van der Waals surface area contributed by atoms with E-state index in [-0.39, 0.29) is 45.5 Å². The van der Waals surface area contributed by atoms with Crippen LogP contribution in [0.5, 0.6) is 11.5 Å². The number of aromatic amines is 1. The largest absolute Gasteiger partial charge is 0.484 e. The Hall–Kier alpha value is -2.26. The van der Waals surface area contributed by atoms with Crippen LogP contribution in [0.2, 0.25) is 10.0 Å². The number of hydrogen-bond donors (Lipinski definition) is 2. The average Bonchev–Trinajstić information content (AvgIpc) is 3.28. The Bertz CT molecular complexity index is 1200. The summed E-state index contributed by atoms with van der Waals surface area (Å²) in [4.78, 5) is 28.0. The van der Waals surface area contributed by atoms with Crippen molar-refractivity contribution in [1.29, 1.82) is 0 Å². The lowest BCUT2D eigenvalue weighted by Gasteiger charge is -2.40. The maximum atomic E-state index is 13.0. The zero-order valence-electron chi connectivity index (χ0n) is 19.7. The van der Waals surface area contributed by atoms with Gasteiger partial charge < -0.3 is 29.2 Å². The van der Waals surface area contributed by atoms with Crippen LogP contribution < -0.4 is 20.3 Å². The van der Waals surface area contributed by atoms with Gasteiger partial charge in [-0.1, -0.05) is 23.2 Å². The monoisotopic (exact) mass is 522 g/mol. The third kappa shape index (κ3) is 4.77. The van der Waals surface area contributed by atoms with Crippen LogP contribution in [-0.4, -0.2) is 42.6 Å². The Morgan fingerprint density at radius 1 is 1.14 bits per heavy atom. The van der Waals surface area contributed by atoms with E-state index in [1.807, 2.05) is 19.9 Å². The molecule has 2 aromatic rings. The fourth-order valence-corrected chi connectivity index (χ4v) is 5.70. The fourth-order valence-electron chi connectivity index (χ4n) is 5.18. The number of amides is 1. The van der Waals surface area contributed by atoms with Gasteiger partial charge in [0, 0.05) is 30.6 Å².